The molecule has 1 saturated heterocycles. The number of nitrogens with one attached hydrogen (secondary N) is 2. The predicted molar refractivity (Wildman–Crippen MR) is 67.5 cm³/mol. The van der Waals surface area contributed by atoms with E-state index in [0.717, 1.165) is 25.9 Å². The van der Waals surface area contributed by atoms with Crippen LogP contribution in [-0.4, -0.2) is 45.5 Å². The van der Waals surface area contributed by atoms with Gasteiger partial charge in [0.05, 0.1) is 5.75 Å². The van der Waals surface area contributed by atoms with Gasteiger partial charge >= 0.3 is 0 Å². The van der Waals surface area contributed by atoms with Gasteiger partial charge in [-0.15, -0.1) is 0 Å². The molecule has 1 rings (SSSR count). The number of piperidine rings is 1. The molecule has 0 aliphatic carbocycles. The molecule has 2 N–H and O–H groups in total. The predicted octanol–water partition coefficient (Wildman–Crippen LogP) is -0.0730. The summed E-state index contributed by atoms with van der Waals surface area (Å²) in [5.74, 6) is 0.137. The molecule has 0 radical (unpaired) electrons. The third-order valence-electron chi connectivity index (χ3n) is 3.39. The lowest BCUT2D eigenvalue weighted by molar-refractivity contribution is -0.131. The molecule has 0 saturated carbocycles. The molecule has 1 heterocycles. The maximum absolute atomic E-state index is 12.0. The van der Waals surface area contributed by atoms with Gasteiger partial charge in [-0.05, 0) is 25.9 Å². The Morgan fingerprint density at radius 2 is 1.94 bits per heavy atom. The molecule has 1 aliphatic rings. The van der Waals surface area contributed by atoms with Crippen LogP contribution in [0.15, 0.2) is 0 Å². The third-order valence-corrected chi connectivity index (χ3v) is 5.10. The first-order valence-electron chi connectivity index (χ1n) is 6.09. The van der Waals surface area contributed by atoms with Crippen LogP contribution in [0.1, 0.15) is 26.7 Å². The highest BCUT2D eigenvalue weighted by Gasteiger charge is 2.34. The van der Waals surface area contributed by atoms with Crippen molar-refractivity contribution in [3.63, 3.8) is 0 Å². The van der Waals surface area contributed by atoms with E-state index in [1.54, 1.807) is 6.92 Å². The van der Waals surface area contributed by atoms with Crippen LogP contribution >= 0.6 is 0 Å². The Labute approximate surface area is 103 Å². The lowest BCUT2D eigenvalue weighted by atomic mass is 9.80. The zero-order valence-electron chi connectivity index (χ0n) is 10.6. The van der Waals surface area contributed by atoms with E-state index in [-0.39, 0.29) is 29.4 Å². The molecule has 0 aromatic carbocycles. The molecule has 17 heavy (non-hydrogen) atoms. The third kappa shape index (κ3) is 4.27. The number of rotatable bonds is 5. The largest absolute Gasteiger partial charge is 0.355 e. The van der Waals surface area contributed by atoms with Crippen molar-refractivity contribution in [2.75, 3.05) is 31.1 Å². The van der Waals surface area contributed by atoms with E-state index in [9.17, 15) is 13.2 Å². The Morgan fingerprint density at radius 1 is 1.35 bits per heavy atom. The van der Waals surface area contributed by atoms with Gasteiger partial charge in [-0.25, -0.2) is 8.42 Å². The Balaban J connectivity index is 2.39. The summed E-state index contributed by atoms with van der Waals surface area (Å²) in [6.45, 7) is 5.47. The number of amides is 1. The summed E-state index contributed by atoms with van der Waals surface area (Å²) < 4.78 is 22.6. The van der Waals surface area contributed by atoms with Gasteiger partial charge in [0.2, 0.25) is 5.91 Å². The number of carbonyl (C=O) groups excluding carboxylic acids is 1. The quantitative estimate of drug-likeness (QED) is 0.727. The number of sulfone groups is 1. The van der Waals surface area contributed by atoms with E-state index in [4.69, 9.17) is 0 Å². The van der Waals surface area contributed by atoms with E-state index >= 15 is 0 Å². The standard InChI is InChI=1S/C11H22N2O3S/c1-3-17(15,16)9-8-13-10(14)11(2)4-6-12-7-5-11/h12H,3-9H2,1-2H3,(H,13,14). The molecule has 0 aromatic heterocycles. The molecule has 100 valence electrons. The van der Waals surface area contributed by atoms with Crippen LogP contribution in [0.5, 0.6) is 0 Å². The molecule has 5 nitrogen and oxygen atoms in total. The van der Waals surface area contributed by atoms with Crippen molar-refractivity contribution in [3.05, 3.63) is 0 Å². The molecular formula is C11H22N2O3S. The van der Waals surface area contributed by atoms with Crippen molar-refractivity contribution in [1.82, 2.24) is 10.6 Å². The fraction of sp³-hybridized carbons (Fsp3) is 0.909. The molecule has 0 bridgehead atoms. The molecule has 6 heteroatoms. The summed E-state index contributed by atoms with van der Waals surface area (Å²) in [4.78, 5) is 12.0. The van der Waals surface area contributed by atoms with Crippen molar-refractivity contribution >= 4 is 15.7 Å². The second-order valence-electron chi connectivity index (χ2n) is 4.80. The van der Waals surface area contributed by atoms with E-state index in [0.29, 0.717) is 0 Å². The van der Waals surface area contributed by atoms with E-state index in [2.05, 4.69) is 10.6 Å². The summed E-state index contributed by atoms with van der Waals surface area (Å²) in [7, 11) is -2.99. The van der Waals surface area contributed by atoms with Crippen molar-refractivity contribution in [3.8, 4) is 0 Å². The average Bonchev–Trinajstić information content (AvgIpc) is 2.29. The minimum absolute atomic E-state index is 0.0229. The van der Waals surface area contributed by atoms with Crippen molar-refractivity contribution in [2.24, 2.45) is 5.41 Å². The fourth-order valence-electron chi connectivity index (χ4n) is 1.88. The Hall–Kier alpha value is -0.620. The Kier molecular flexibility index (Phi) is 4.94. The normalized spacial score (nSPS) is 19.9. The summed E-state index contributed by atoms with van der Waals surface area (Å²) in [5.41, 5.74) is -0.346. The van der Waals surface area contributed by atoms with Gasteiger partial charge in [0, 0.05) is 17.7 Å². The molecule has 1 fully saturated rings. The van der Waals surface area contributed by atoms with Gasteiger partial charge in [-0.1, -0.05) is 13.8 Å². The van der Waals surface area contributed by atoms with Gasteiger partial charge in [0.25, 0.3) is 0 Å². The van der Waals surface area contributed by atoms with E-state index in [1.807, 2.05) is 6.92 Å². The molecule has 0 spiro atoms. The van der Waals surface area contributed by atoms with Crippen molar-refractivity contribution in [2.45, 2.75) is 26.7 Å². The second kappa shape index (κ2) is 5.82. The first kappa shape index (κ1) is 14.4. The van der Waals surface area contributed by atoms with Crippen LogP contribution in [-0.2, 0) is 14.6 Å². The highest BCUT2D eigenvalue weighted by Crippen LogP contribution is 2.27. The number of hydrogen-bond donors (Lipinski definition) is 2. The van der Waals surface area contributed by atoms with Crippen molar-refractivity contribution in [1.29, 1.82) is 0 Å². The zero-order chi connectivity index (χ0) is 12.9. The minimum atomic E-state index is -2.99. The van der Waals surface area contributed by atoms with Gasteiger partial charge in [0.15, 0.2) is 9.84 Å². The minimum Gasteiger partial charge on any atom is -0.355 e. The lowest BCUT2D eigenvalue weighted by Crippen LogP contribution is -2.46. The fourth-order valence-corrected chi connectivity index (χ4v) is 2.59. The van der Waals surface area contributed by atoms with Crippen LogP contribution in [0, 0.1) is 5.41 Å². The van der Waals surface area contributed by atoms with Crippen molar-refractivity contribution < 1.29 is 13.2 Å². The zero-order valence-corrected chi connectivity index (χ0v) is 11.4. The van der Waals surface area contributed by atoms with Gasteiger partial charge in [0.1, 0.15) is 0 Å². The molecular weight excluding hydrogens is 240 g/mol. The SMILES string of the molecule is CCS(=O)(=O)CCNC(=O)C1(C)CCNCC1. The van der Waals surface area contributed by atoms with Crippen LogP contribution in [0.4, 0.5) is 0 Å². The Bertz CT molecular complexity index is 359. The summed E-state index contributed by atoms with van der Waals surface area (Å²) in [5, 5.41) is 5.95. The maximum atomic E-state index is 12.0. The summed E-state index contributed by atoms with van der Waals surface area (Å²) in [6.07, 6.45) is 1.61. The van der Waals surface area contributed by atoms with Crippen LogP contribution in [0.2, 0.25) is 0 Å². The first-order valence-corrected chi connectivity index (χ1v) is 7.91. The van der Waals surface area contributed by atoms with Crippen LogP contribution in [0.25, 0.3) is 0 Å². The molecule has 0 aromatic rings. The van der Waals surface area contributed by atoms with Crippen LogP contribution in [0.3, 0.4) is 0 Å². The van der Waals surface area contributed by atoms with E-state index in [1.165, 1.54) is 0 Å². The molecule has 1 amide bonds. The monoisotopic (exact) mass is 262 g/mol. The number of carbonyl (C=O) groups is 1. The highest BCUT2D eigenvalue weighted by atomic mass is 32.2. The van der Waals surface area contributed by atoms with Crippen LogP contribution < -0.4 is 10.6 Å². The topological polar surface area (TPSA) is 75.3 Å². The summed E-state index contributed by atoms with van der Waals surface area (Å²) >= 11 is 0. The Morgan fingerprint density at radius 3 is 2.47 bits per heavy atom. The number of hydrogen-bond acceptors (Lipinski definition) is 4. The van der Waals surface area contributed by atoms with Gasteiger partial charge in [-0.2, -0.15) is 0 Å². The molecule has 1 aliphatic heterocycles. The smallest absolute Gasteiger partial charge is 0.226 e. The second-order valence-corrected chi connectivity index (χ2v) is 7.28. The maximum Gasteiger partial charge on any atom is 0.226 e. The molecule has 0 atom stereocenters. The average molecular weight is 262 g/mol. The first-order chi connectivity index (χ1) is 7.90. The summed E-state index contributed by atoms with van der Waals surface area (Å²) in [6, 6.07) is 0. The van der Waals surface area contributed by atoms with Gasteiger partial charge < -0.3 is 10.6 Å². The molecule has 0 unspecified atom stereocenters. The van der Waals surface area contributed by atoms with E-state index < -0.39 is 9.84 Å². The lowest BCUT2D eigenvalue weighted by Gasteiger charge is -2.32. The van der Waals surface area contributed by atoms with Gasteiger partial charge in [-0.3, -0.25) is 4.79 Å². The highest BCUT2D eigenvalue weighted by molar-refractivity contribution is 7.91.